The van der Waals surface area contributed by atoms with Crippen LogP contribution in [0.2, 0.25) is 0 Å². The Bertz CT molecular complexity index is 715. The molecule has 7 heteroatoms. The average molecular weight is 328 g/mol. The molecule has 0 aromatic heterocycles. The molecular formula is C16H15F3O4. The van der Waals surface area contributed by atoms with E-state index >= 15 is 0 Å². The van der Waals surface area contributed by atoms with Crippen LogP contribution in [-0.2, 0) is 25.9 Å². The molecule has 124 valence electrons. The third-order valence-corrected chi connectivity index (χ3v) is 3.79. The van der Waals surface area contributed by atoms with Crippen LogP contribution in [0, 0.1) is 0 Å². The first-order chi connectivity index (χ1) is 10.5. The fourth-order valence-corrected chi connectivity index (χ4v) is 2.53. The van der Waals surface area contributed by atoms with E-state index in [-0.39, 0.29) is 17.7 Å². The molecule has 0 fully saturated rings. The Balaban J connectivity index is 2.74. The molecule has 4 nitrogen and oxygen atoms in total. The molecule has 0 saturated carbocycles. The summed E-state index contributed by atoms with van der Waals surface area (Å²) in [4.78, 5) is 24.4. The smallest absolute Gasteiger partial charge is 0.416 e. The van der Waals surface area contributed by atoms with Crippen molar-refractivity contribution in [2.75, 3.05) is 6.61 Å². The van der Waals surface area contributed by atoms with Gasteiger partial charge in [-0.15, -0.1) is 0 Å². The number of carbonyl (C=O) groups is 2. The molecule has 0 heterocycles. The normalized spacial score (nSPS) is 17.0. The van der Waals surface area contributed by atoms with Crippen LogP contribution < -0.4 is 0 Å². The van der Waals surface area contributed by atoms with Crippen molar-refractivity contribution in [3.05, 3.63) is 40.5 Å². The molecule has 0 radical (unpaired) electrons. The molecule has 0 spiro atoms. The molecule has 1 aliphatic rings. The van der Waals surface area contributed by atoms with Crippen molar-refractivity contribution in [3.8, 4) is 0 Å². The lowest BCUT2D eigenvalue weighted by Gasteiger charge is -2.32. The number of aliphatic hydroxyl groups is 1. The van der Waals surface area contributed by atoms with Gasteiger partial charge in [-0.3, -0.25) is 4.79 Å². The highest BCUT2D eigenvalue weighted by Crippen LogP contribution is 2.42. The molecule has 0 unspecified atom stereocenters. The Morgan fingerprint density at radius 1 is 1.30 bits per heavy atom. The SMILES string of the molecule is CCOC(=O)C1=C(O)c2cc(C(F)(F)F)ccc2C(C)(C)C1=O. The largest absolute Gasteiger partial charge is 0.506 e. The second kappa shape index (κ2) is 5.40. The zero-order valence-corrected chi connectivity index (χ0v) is 12.7. The summed E-state index contributed by atoms with van der Waals surface area (Å²) in [7, 11) is 0. The van der Waals surface area contributed by atoms with Gasteiger partial charge in [0, 0.05) is 5.56 Å². The standard InChI is InChI=1S/C16H15F3O4/c1-4-23-14(22)11-12(20)9-7-8(16(17,18)19)5-6-10(9)15(2,3)13(11)21/h5-7,20H,4H2,1-3H3. The van der Waals surface area contributed by atoms with Crippen molar-refractivity contribution in [2.24, 2.45) is 0 Å². The molecule has 1 aromatic rings. The molecule has 0 bridgehead atoms. The summed E-state index contributed by atoms with van der Waals surface area (Å²) >= 11 is 0. The summed E-state index contributed by atoms with van der Waals surface area (Å²) in [6, 6.07) is 2.72. The summed E-state index contributed by atoms with van der Waals surface area (Å²) < 4.78 is 43.4. The molecule has 0 aliphatic heterocycles. The van der Waals surface area contributed by atoms with Gasteiger partial charge in [0.2, 0.25) is 0 Å². The predicted octanol–water partition coefficient (Wildman–Crippen LogP) is 3.40. The fraction of sp³-hybridized carbons (Fsp3) is 0.375. The Hall–Kier alpha value is -2.31. The van der Waals surface area contributed by atoms with E-state index in [1.165, 1.54) is 20.8 Å². The zero-order chi connectivity index (χ0) is 17.6. The van der Waals surface area contributed by atoms with Crippen LogP contribution in [0.15, 0.2) is 23.8 Å². The first-order valence-electron chi connectivity index (χ1n) is 6.89. The number of rotatable bonds is 2. The first kappa shape index (κ1) is 17.1. The van der Waals surface area contributed by atoms with E-state index in [2.05, 4.69) is 0 Å². The van der Waals surface area contributed by atoms with Gasteiger partial charge in [0.05, 0.1) is 17.6 Å². The van der Waals surface area contributed by atoms with Crippen molar-refractivity contribution in [1.29, 1.82) is 0 Å². The highest BCUT2D eigenvalue weighted by molar-refractivity contribution is 6.26. The van der Waals surface area contributed by atoms with Crippen LogP contribution >= 0.6 is 0 Å². The number of alkyl halides is 3. The number of hydrogen-bond acceptors (Lipinski definition) is 4. The predicted molar refractivity (Wildman–Crippen MR) is 75.7 cm³/mol. The van der Waals surface area contributed by atoms with E-state index < -0.39 is 40.2 Å². The lowest BCUT2D eigenvalue weighted by atomic mass is 9.71. The minimum atomic E-state index is -4.61. The minimum Gasteiger partial charge on any atom is -0.506 e. The molecule has 1 aliphatic carbocycles. The van der Waals surface area contributed by atoms with Crippen molar-refractivity contribution < 1.29 is 32.6 Å². The van der Waals surface area contributed by atoms with Crippen molar-refractivity contribution in [3.63, 3.8) is 0 Å². The van der Waals surface area contributed by atoms with Gasteiger partial charge in [0.15, 0.2) is 5.78 Å². The van der Waals surface area contributed by atoms with Gasteiger partial charge in [0.25, 0.3) is 0 Å². The van der Waals surface area contributed by atoms with E-state index in [0.29, 0.717) is 0 Å². The summed E-state index contributed by atoms with van der Waals surface area (Å²) in [6.45, 7) is 4.45. The van der Waals surface area contributed by atoms with Crippen LogP contribution in [0.4, 0.5) is 13.2 Å². The number of aliphatic hydroxyl groups excluding tert-OH is 1. The molecule has 23 heavy (non-hydrogen) atoms. The Kier molecular flexibility index (Phi) is 4.00. The molecule has 0 saturated heterocycles. The third kappa shape index (κ3) is 2.71. The fourth-order valence-electron chi connectivity index (χ4n) is 2.53. The number of carbonyl (C=O) groups excluding carboxylic acids is 2. The Morgan fingerprint density at radius 2 is 1.91 bits per heavy atom. The molecule has 0 atom stereocenters. The summed E-state index contributed by atoms with van der Waals surface area (Å²) in [5, 5.41) is 10.2. The maximum absolute atomic E-state index is 12.9. The average Bonchev–Trinajstić information content (AvgIpc) is 2.44. The maximum atomic E-state index is 12.9. The topological polar surface area (TPSA) is 63.6 Å². The number of halogens is 3. The zero-order valence-electron chi connectivity index (χ0n) is 12.7. The minimum absolute atomic E-state index is 0.0290. The van der Waals surface area contributed by atoms with Crippen LogP contribution in [0.5, 0.6) is 0 Å². The van der Waals surface area contributed by atoms with E-state index in [9.17, 15) is 27.9 Å². The first-order valence-corrected chi connectivity index (χ1v) is 6.89. The van der Waals surface area contributed by atoms with Crippen LogP contribution in [0.3, 0.4) is 0 Å². The quantitative estimate of drug-likeness (QED) is 0.667. The molecule has 1 aromatic carbocycles. The van der Waals surface area contributed by atoms with Gasteiger partial charge in [0.1, 0.15) is 11.3 Å². The van der Waals surface area contributed by atoms with Gasteiger partial charge >= 0.3 is 12.1 Å². The lowest BCUT2D eigenvalue weighted by Crippen LogP contribution is -2.38. The molecule has 1 N–H and O–H groups in total. The molecular weight excluding hydrogens is 313 g/mol. The van der Waals surface area contributed by atoms with Crippen molar-refractivity contribution in [1.82, 2.24) is 0 Å². The highest BCUT2D eigenvalue weighted by Gasteiger charge is 2.45. The lowest BCUT2D eigenvalue weighted by molar-refractivity contribution is -0.140. The van der Waals surface area contributed by atoms with E-state index in [1.807, 2.05) is 0 Å². The van der Waals surface area contributed by atoms with Crippen LogP contribution in [0.1, 0.15) is 37.5 Å². The van der Waals surface area contributed by atoms with Crippen molar-refractivity contribution in [2.45, 2.75) is 32.4 Å². The van der Waals surface area contributed by atoms with E-state index in [1.54, 1.807) is 0 Å². The van der Waals surface area contributed by atoms with E-state index in [4.69, 9.17) is 4.74 Å². The maximum Gasteiger partial charge on any atom is 0.416 e. The Labute approximate surface area is 130 Å². The van der Waals surface area contributed by atoms with Gasteiger partial charge in [-0.1, -0.05) is 6.07 Å². The second-order valence-electron chi connectivity index (χ2n) is 5.66. The van der Waals surface area contributed by atoms with Gasteiger partial charge in [-0.25, -0.2) is 4.79 Å². The van der Waals surface area contributed by atoms with Gasteiger partial charge < -0.3 is 9.84 Å². The Morgan fingerprint density at radius 3 is 2.43 bits per heavy atom. The van der Waals surface area contributed by atoms with E-state index in [0.717, 1.165) is 18.2 Å². The number of fused-ring (bicyclic) bond motifs is 1. The number of benzene rings is 1. The number of Topliss-reactive ketones (excluding diaryl/α,β-unsaturated/α-hetero) is 1. The third-order valence-electron chi connectivity index (χ3n) is 3.79. The van der Waals surface area contributed by atoms with Gasteiger partial charge in [-0.05, 0) is 38.5 Å². The van der Waals surface area contributed by atoms with Crippen molar-refractivity contribution >= 4 is 17.5 Å². The number of ketones is 1. The van der Waals surface area contributed by atoms with Crippen LogP contribution in [0.25, 0.3) is 5.76 Å². The number of hydrogen-bond donors (Lipinski definition) is 1. The summed E-state index contributed by atoms with van der Waals surface area (Å²) in [5.74, 6) is -2.53. The second-order valence-corrected chi connectivity index (χ2v) is 5.66. The monoisotopic (exact) mass is 328 g/mol. The summed E-state index contributed by atoms with van der Waals surface area (Å²) in [5.41, 5.74) is -2.82. The summed E-state index contributed by atoms with van der Waals surface area (Å²) in [6.07, 6.45) is -4.61. The number of esters is 1. The highest BCUT2D eigenvalue weighted by atomic mass is 19.4. The van der Waals surface area contributed by atoms with Crippen LogP contribution in [-0.4, -0.2) is 23.5 Å². The molecule has 2 rings (SSSR count). The number of ether oxygens (including phenoxy) is 1. The van der Waals surface area contributed by atoms with Gasteiger partial charge in [-0.2, -0.15) is 13.2 Å². The molecule has 0 amide bonds.